The summed E-state index contributed by atoms with van der Waals surface area (Å²) < 4.78 is 29.9. The number of esters is 1. The first-order valence-corrected chi connectivity index (χ1v) is 7.38. The molecule has 1 saturated heterocycles. The highest BCUT2D eigenvalue weighted by Gasteiger charge is 2.37. The number of rotatable bonds is 4. The molecule has 0 saturated carbocycles. The van der Waals surface area contributed by atoms with Gasteiger partial charge in [-0.2, -0.15) is 0 Å². The molecule has 6 nitrogen and oxygen atoms in total. The summed E-state index contributed by atoms with van der Waals surface area (Å²) in [6, 6.07) is 0. The number of hydrogen-bond donors (Lipinski definition) is 0. The fourth-order valence-electron chi connectivity index (χ4n) is 2.03. The highest BCUT2D eigenvalue weighted by molar-refractivity contribution is 7.90. The molecule has 0 spiro atoms. The number of ketones is 1. The van der Waals surface area contributed by atoms with Crippen molar-refractivity contribution >= 4 is 21.8 Å². The largest absolute Gasteiger partial charge is 0.468 e. The predicted octanol–water partition coefficient (Wildman–Crippen LogP) is 0.179. The van der Waals surface area contributed by atoms with E-state index in [0.29, 0.717) is 12.8 Å². The molecule has 0 aromatic rings. The second kappa shape index (κ2) is 5.79. The number of hydrogen-bond acceptors (Lipinski definition) is 5. The molecule has 0 aliphatic carbocycles. The van der Waals surface area contributed by atoms with Gasteiger partial charge in [-0.1, -0.05) is 0 Å². The van der Waals surface area contributed by atoms with Gasteiger partial charge in [0.15, 0.2) is 5.25 Å². The van der Waals surface area contributed by atoms with Crippen molar-refractivity contribution in [2.24, 2.45) is 5.92 Å². The van der Waals surface area contributed by atoms with Gasteiger partial charge in [-0.25, -0.2) is 12.7 Å². The van der Waals surface area contributed by atoms with Crippen LogP contribution in [-0.4, -0.2) is 49.9 Å². The molecule has 0 N–H and O–H groups in total. The van der Waals surface area contributed by atoms with Crippen LogP contribution in [0.15, 0.2) is 0 Å². The Hall–Kier alpha value is -0.950. The van der Waals surface area contributed by atoms with E-state index in [1.165, 1.54) is 18.2 Å². The molecule has 1 fully saturated rings. The second-order valence-corrected chi connectivity index (χ2v) is 6.75. The maximum absolute atomic E-state index is 12.1. The van der Waals surface area contributed by atoms with Crippen LogP contribution in [0, 0.1) is 5.92 Å². The average Bonchev–Trinajstić information content (AvgIpc) is 2.36. The van der Waals surface area contributed by atoms with Gasteiger partial charge in [0.05, 0.1) is 7.11 Å². The van der Waals surface area contributed by atoms with Gasteiger partial charge in [0.1, 0.15) is 5.78 Å². The Labute approximate surface area is 107 Å². The van der Waals surface area contributed by atoms with Crippen LogP contribution in [-0.2, 0) is 24.3 Å². The first-order chi connectivity index (χ1) is 8.30. The SMILES string of the molecule is COC(=O)C(C)S(=O)(=O)N1CCC(C(C)=O)CC1. The van der Waals surface area contributed by atoms with Gasteiger partial charge < -0.3 is 4.74 Å². The number of sulfonamides is 1. The van der Waals surface area contributed by atoms with Crippen molar-refractivity contribution in [3.63, 3.8) is 0 Å². The van der Waals surface area contributed by atoms with Crippen molar-refractivity contribution in [3.05, 3.63) is 0 Å². The zero-order valence-corrected chi connectivity index (χ0v) is 11.7. The van der Waals surface area contributed by atoms with E-state index < -0.39 is 21.2 Å². The van der Waals surface area contributed by atoms with Crippen LogP contribution in [0.5, 0.6) is 0 Å². The number of Topliss-reactive ketones (excluding diaryl/α,β-unsaturated/α-hetero) is 1. The fourth-order valence-corrected chi connectivity index (χ4v) is 3.53. The zero-order valence-electron chi connectivity index (χ0n) is 10.9. The fraction of sp³-hybridized carbons (Fsp3) is 0.818. The molecule has 0 aromatic heterocycles. The summed E-state index contributed by atoms with van der Waals surface area (Å²) in [6.07, 6.45) is 1.03. The quantitative estimate of drug-likeness (QED) is 0.685. The molecule has 1 unspecified atom stereocenters. The molecule has 0 radical (unpaired) electrons. The molecule has 104 valence electrons. The molecule has 18 heavy (non-hydrogen) atoms. The summed E-state index contributed by atoms with van der Waals surface area (Å²) in [4.78, 5) is 22.5. The number of piperidine rings is 1. The van der Waals surface area contributed by atoms with Gasteiger partial charge in [-0.3, -0.25) is 9.59 Å². The van der Waals surface area contributed by atoms with Crippen LogP contribution in [0.2, 0.25) is 0 Å². The van der Waals surface area contributed by atoms with E-state index in [9.17, 15) is 18.0 Å². The highest BCUT2D eigenvalue weighted by atomic mass is 32.2. The lowest BCUT2D eigenvalue weighted by atomic mass is 9.95. The van der Waals surface area contributed by atoms with Gasteiger partial charge in [-0.05, 0) is 26.7 Å². The summed E-state index contributed by atoms with van der Waals surface area (Å²) in [5.41, 5.74) is 0. The van der Waals surface area contributed by atoms with Crippen molar-refractivity contribution in [1.29, 1.82) is 0 Å². The van der Waals surface area contributed by atoms with Crippen molar-refractivity contribution < 1.29 is 22.7 Å². The summed E-state index contributed by atoms with van der Waals surface area (Å²) >= 11 is 0. The standard InChI is InChI=1S/C11H19NO5S/c1-8(13)10-4-6-12(7-5-10)18(15,16)9(2)11(14)17-3/h9-10H,4-7H2,1-3H3. The lowest BCUT2D eigenvalue weighted by molar-refractivity contribution is -0.139. The van der Waals surface area contributed by atoms with E-state index in [2.05, 4.69) is 4.74 Å². The summed E-state index contributed by atoms with van der Waals surface area (Å²) in [5.74, 6) is -0.735. The topological polar surface area (TPSA) is 80.8 Å². The van der Waals surface area contributed by atoms with Gasteiger partial charge in [0.2, 0.25) is 10.0 Å². The Morgan fingerprint density at radius 1 is 1.28 bits per heavy atom. The first kappa shape index (κ1) is 15.1. The molecular weight excluding hydrogens is 258 g/mol. The van der Waals surface area contributed by atoms with Crippen molar-refractivity contribution in [2.75, 3.05) is 20.2 Å². The van der Waals surface area contributed by atoms with Crippen LogP contribution in [0.1, 0.15) is 26.7 Å². The van der Waals surface area contributed by atoms with Gasteiger partial charge >= 0.3 is 5.97 Å². The smallest absolute Gasteiger partial charge is 0.325 e. The van der Waals surface area contributed by atoms with Gasteiger partial charge in [-0.15, -0.1) is 0 Å². The van der Waals surface area contributed by atoms with Crippen molar-refractivity contribution in [2.45, 2.75) is 31.9 Å². The van der Waals surface area contributed by atoms with E-state index in [1.54, 1.807) is 0 Å². The normalized spacial score (nSPS) is 20.4. The van der Waals surface area contributed by atoms with E-state index in [-0.39, 0.29) is 24.8 Å². The maximum Gasteiger partial charge on any atom is 0.325 e. The Kier molecular flexibility index (Phi) is 4.86. The highest BCUT2D eigenvalue weighted by Crippen LogP contribution is 2.22. The monoisotopic (exact) mass is 277 g/mol. The van der Waals surface area contributed by atoms with E-state index in [1.807, 2.05) is 0 Å². The third-order valence-corrected chi connectivity index (χ3v) is 5.54. The Morgan fingerprint density at radius 2 is 1.78 bits per heavy atom. The molecule has 1 aliphatic rings. The third kappa shape index (κ3) is 3.08. The maximum atomic E-state index is 12.1. The first-order valence-electron chi connectivity index (χ1n) is 5.88. The van der Waals surface area contributed by atoms with Crippen LogP contribution >= 0.6 is 0 Å². The molecule has 1 aliphatic heterocycles. The van der Waals surface area contributed by atoms with E-state index in [0.717, 1.165) is 7.11 Å². The summed E-state index contributed by atoms with van der Waals surface area (Å²) in [5, 5.41) is -1.20. The van der Waals surface area contributed by atoms with Crippen LogP contribution in [0.3, 0.4) is 0 Å². The Balaban J connectivity index is 2.72. The molecular formula is C11H19NO5S. The van der Waals surface area contributed by atoms with Crippen LogP contribution < -0.4 is 0 Å². The van der Waals surface area contributed by atoms with Gasteiger partial charge in [0, 0.05) is 19.0 Å². The molecule has 0 amide bonds. The number of carbonyl (C=O) groups is 2. The summed E-state index contributed by atoms with van der Waals surface area (Å²) in [6.45, 7) is 3.41. The van der Waals surface area contributed by atoms with E-state index in [4.69, 9.17) is 0 Å². The lowest BCUT2D eigenvalue weighted by Crippen LogP contribution is -2.46. The molecule has 1 heterocycles. The van der Waals surface area contributed by atoms with Crippen molar-refractivity contribution in [3.8, 4) is 0 Å². The Bertz CT molecular complexity index is 423. The van der Waals surface area contributed by atoms with Crippen LogP contribution in [0.25, 0.3) is 0 Å². The minimum absolute atomic E-state index is 0.0649. The number of carbonyl (C=O) groups excluding carboxylic acids is 2. The second-order valence-electron chi connectivity index (χ2n) is 4.49. The number of nitrogens with zero attached hydrogens (tertiary/aromatic N) is 1. The Morgan fingerprint density at radius 3 is 2.17 bits per heavy atom. The molecule has 1 rings (SSSR count). The minimum Gasteiger partial charge on any atom is -0.468 e. The molecule has 0 aromatic carbocycles. The summed E-state index contributed by atoms with van der Waals surface area (Å²) in [7, 11) is -2.51. The zero-order chi connectivity index (χ0) is 13.9. The van der Waals surface area contributed by atoms with Gasteiger partial charge in [0.25, 0.3) is 0 Å². The van der Waals surface area contributed by atoms with E-state index >= 15 is 0 Å². The molecule has 0 bridgehead atoms. The average molecular weight is 277 g/mol. The molecule has 7 heteroatoms. The van der Waals surface area contributed by atoms with Crippen LogP contribution in [0.4, 0.5) is 0 Å². The lowest BCUT2D eigenvalue weighted by Gasteiger charge is -2.31. The predicted molar refractivity (Wildman–Crippen MR) is 65.4 cm³/mol. The number of ether oxygens (including phenoxy) is 1. The van der Waals surface area contributed by atoms with Crippen molar-refractivity contribution in [1.82, 2.24) is 4.31 Å². The number of methoxy groups -OCH3 is 1. The minimum atomic E-state index is -3.68. The molecule has 1 atom stereocenters. The third-order valence-electron chi connectivity index (χ3n) is 3.37.